The van der Waals surface area contributed by atoms with E-state index in [0.717, 1.165) is 15.5 Å². The van der Waals surface area contributed by atoms with Crippen LogP contribution in [0.15, 0.2) is 28.4 Å². The smallest absolute Gasteiger partial charge is 0.325 e. The van der Waals surface area contributed by atoms with Crippen LogP contribution < -0.4 is 10.6 Å². The monoisotopic (exact) mass is 392 g/mol. The molecule has 138 valence electrons. The van der Waals surface area contributed by atoms with Crippen LogP contribution >= 0.6 is 22.7 Å². The zero-order valence-electron chi connectivity index (χ0n) is 14.5. The van der Waals surface area contributed by atoms with Crippen molar-refractivity contribution in [3.05, 3.63) is 39.0 Å². The largest absolute Gasteiger partial charge is 0.346 e. The van der Waals surface area contributed by atoms with Crippen LogP contribution in [-0.2, 0) is 16.0 Å². The SMILES string of the molecule is CC1(C)NC(=O)N(CCC(=O)NC(Cc2ccsc2)c2nccs2)C1=O. The highest BCUT2D eigenvalue weighted by Crippen LogP contribution is 2.22. The number of carbonyl (C=O) groups is 3. The lowest BCUT2D eigenvalue weighted by atomic mass is 10.1. The zero-order valence-corrected chi connectivity index (χ0v) is 16.2. The van der Waals surface area contributed by atoms with E-state index >= 15 is 0 Å². The van der Waals surface area contributed by atoms with Gasteiger partial charge >= 0.3 is 6.03 Å². The summed E-state index contributed by atoms with van der Waals surface area (Å²) in [7, 11) is 0. The quantitative estimate of drug-likeness (QED) is 0.708. The number of aromatic nitrogens is 1. The number of nitrogens with one attached hydrogen (secondary N) is 2. The molecule has 3 rings (SSSR count). The van der Waals surface area contributed by atoms with Gasteiger partial charge in [-0.2, -0.15) is 11.3 Å². The second-order valence-electron chi connectivity index (χ2n) is 6.59. The molecule has 0 bridgehead atoms. The van der Waals surface area contributed by atoms with Gasteiger partial charge in [0.1, 0.15) is 10.5 Å². The lowest BCUT2D eigenvalue weighted by Crippen LogP contribution is -2.41. The Balaban J connectivity index is 1.60. The third-order valence-electron chi connectivity index (χ3n) is 4.11. The fraction of sp³-hybridized carbons (Fsp3) is 0.412. The van der Waals surface area contributed by atoms with Gasteiger partial charge in [0.2, 0.25) is 5.91 Å². The molecule has 2 aromatic rings. The molecule has 4 amide bonds. The number of rotatable bonds is 7. The Morgan fingerprint density at radius 1 is 1.38 bits per heavy atom. The molecule has 1 unspecified atom stereocenters. The van der Waals surface area contributed by atoms with E-state index in [-0.39, 0.29) is 30.8 Å². The average molecular weight is 393 g/mol. The highest BCUT2D eigenvalue weighted by Gasteiger charge is 2.44. The van der Waals surface area contributed by atoms with E-state index in [0.29, 0.717) is 6.42 Å². The molecule has 26 heavy (non-hydrogen) atoms. The van der Waals surface area contributed by atoms with E-state index in [1.54, 1.807) is 31.4 Å². The van der Waals surface area contributed by atoms with Crippen molar-refractivity contribution in [1.29, 1.82) is 0 Å². The third-order valence-corrected chi connectivity index (χ3v) is 5.73. The fourth-order valence-corrected chi connectivity index (χ4v) is 4.12. The molecule has 1 saturated heterocycles. The van der Waals surface area contributed by atoms with Crippen molar-refractivity contribution in [3.63, 3.8) is 0 Å². The number of hydrogen-bond acceptors (Lipinski definition) is 6. The maximum atomic E-state index is 12.4. The van der Waals surface area contributed by atoms with Gasteiger partial charge < -0.3 is 10.6 Å². The Bertz CT molecular complexity index is 787. The molecule has 0 saturated carbocycles. The van der Waals surface area contributed by atoms with Crippen LogP contribution in [0.3, 0.4) is 0 Å². The highest BCUT2D eigenvalue weighted by atomic mass is 32.1. The molecule has 0 radical (unpaired) electrons. The summed E-state index contributed by atoms with van der Waals surface area (Å²) in [4.78, 5) is 41.9. The molecule has 0 aromatic carbocycles. The van der Waals surface area contributed by atoms with Gasteiger partial charge in [-0.1, -0.05) is 0 Å². The number of thiophene rings is 1. The van der Waals surface area contributed by atoms with Crippen molar-refractivity contribution in [2.75, 3.05) is 6.54 Å². The van der Waals surface area contributed by atoms with E-state index in [9.17, 15) is 14.4 Å². The van der Waals surface area contributed by atoms with Crippen LogP contribution in [0.1, 0.15) is 36.9 Å². The van der Waals surface area contributed by atoms with Crippen molar-refractivity contribution >= 4 is 40.5 Å². The van der Waals surface area contributed by atoms with Gasteiger partial charge in [-0.05, 0) is 36.2 Å². The first-order chi connectivity index (χ1) is 12.4. The molecule has 7 nitrogen and oxygen atoms in total. The lowest BCUT2D eigenvalue weighted by molar-refractivity contribution is -0.130. The van der Waals surface area contributed by atoms with Gasteiger partial charge in [0.05, 0.1) is 6.04 Å². The topological polar surface area (TPSA) is 91.4 Å². The van der Waals surface area contributed by atoms with Crippen molar-refractivity contribution in [2.45, 2.75) is 38.3 Å². The van der Waals surface area contributed by atoms with E-state index in [1.165, 1.54) is 11.3 Å². The molecule has 2 aromatic heterocycles. The minimum atomic E-state index is -0.921. The maximum absolute atomic E-state index is 12.4. The lowest BCUT2D eigenvalue weighted by Gasteiger charge is -2.18. The predicted octanol–water partition coefficient (Wildman–Crippen LogP) is 2.33. The van der Waals surface area contributed by atoms with Crippen LogP contribution in [0.2, 0.25) is 0 Å². The van der Waals surface area contributed by atoms with Gasteiger partial charge in [0, 0.05) is 31.0 Å². The molecular weight excluding hydrogens is 372 g/mol. The summed E-state index contributed by atoms with van der Waals surface area (Å²) in [5, 5.41) is 12.3. The third kappa shape index (κ3) is 4.10. The first kappa shape index (κ1) is 18.5. The number of urea groups is 1. The second kappa shape index (κ2) is 7.55. The van der Waals surface area contributed by atoms with E-state index in [4.69, 9.17) is 0 Å². The van der Waals surface area contributed by atoms with Crippen LogP contribution in [0, 0.1) is 0 Å². The van der Waals surface area contributed by atoms with Gasteiger partial charge in [0.25, 0.3) is 5.91 Å². The summed E-state index contributed by atoms with van der Waals surface area (Å²) in [6.45, 7) is 3.35. The summed E-state index contributed by atoms with van der Waals surface area (Å²) >= 11 is 3.09. The number of imide groups is 1. The number of thiazole rings is 1. The van der Waals surface area contributed by atoms with Crippen molar-refractivity contribution in [1.82, 2.24) is 20.5 Å². The van der Waals surface area contributed by atoms with Crippen LogP contribution in [0.4, 0.5) is 4.79 Å². The molecule has 1 aliphatic rings. The Morgan fingerprint density at radius 2 is 2.19 bits per heavy atom. The number of nitrogens with zero attached hydrogens (tertiary/aromatic N) is 2. The molecule has 9 heteroatoms. The number of amides is 4. The summed E-state index contributed by atoms with van der Waals surface area (Å²) in [6.07, 6.45) is 2.42. The van der Waals surface area contributed by atoms with Gasteiger partial charge in [-0.15, -0.1) is 11.3 Å². The predicted molar refractivity (Wildman–Crippen MR) is 100.0 cm³/mol. The van der Waals surface area contributed by atoms with Crippen molar-refractivity contribution in [3.8, 4) is 0 Å². The standard InChI is InChI=1S/C17H20N4O3S2/c1-17(2)15(23)21(16(24)20-17)6-3-13(22)19-12(14-18-5-8-26-14)9-11-4-7-25-10-11/h4-5,7-8,10,12H,3,6,9H2,1-2H3,(H,19,22)(H,20,24). The van der Waals surface area contributed by atoms with Crippen LogP contribution in [0.25, 0.3) is 0 Å². The van der Waals surface area contributed by atoms with Crippen molar-refractivity contribution < 1.29 is 14.4 Å². The number of carbonyl (C=O) groups excluding carboxylic acids is 3. The van der Waals surface area contributed by atoms with Gasteiger partial charge in [0.15, 0.2) is 0 Å². The zero-order chi connectivity index (χ0) is 18.7. The minimum absolute atomic E-state index is 0.0563. The summed E-state index contributed by atoms with van der Waals surface area (Å²) in [5.74, 6) is -0.532. The Morgan fingerprint density at radius 3 is 2.77 bits per heavy atom. The summed E-state index contributed by atoms with van der Waals surface area (Å²) in [6, 6.07) is 1.34. The Labute approximate surface area is 159 Å². The van der Waals surface area contributed by atoms with E-state index < -0.39 is 11.6 Å². The first-order valence-corrected chi connectivity index (χ1v) is 10.0. The molecule has 1 fully saturated rings. The second-order valence-corrected chi connectivity index (χ2v) is 8.29. The summed E-state index contributed by atoms with van der Waals surface area (Å²) in [5.41, 5.74) is 0.210. The molecule has 0 spiro atoms. The Hall–Kier alpha value is -2.26. The fourth-order valence-electron chi connectivity index (χ4n) is 2.75. The molecule has 1 atom stereocenters. The van der Waals surface area contributed by atoms with E-state index in [2.05, 4.69) is 15.6 Å². The molecule has 3 heterocycles. The highest BCUT2D eigenvalue weighted by molar-refractivity contribution is 7.09. The molecule has 1 aliphatic heterocycles. The normalized spacial score (nSPS) is 17.2. The van der Waals surface area contributed by atoms with Crippen LogP contribution in [0.5, 0.6) is 0 Å². The van der Waals surface area contributed by atoms with Gasteiger partial charge in [-0.25, -0.2) is 9.78 Å². The number of hydrogen-bond donors (Lipinski definition) is 2. The Kier molecular flexibility index (Phi) is 5.38. The van der Waals surface area contributed by atoms with Crippen molar-refractivity contribution in [2.24, 2.45) is 0 Å². The molecular formula is C17H20N4O3S2. The van der Waals surface area contributed by atoms with Gasteiger partial charge in [-0.3, -0.25) is 14.5 Å². The average Bonchev–Trinajstić information content (AvgIpc) is 3.29. The van der Waals surface area contributed by atoms with E-state index in [1.807, 2.05) is 22.2 Å². The minimum Gasteiger partial charge on any atom is -0.346 e. The maximum Gasteiger partial charge on any atom is 0.325 e. The summed E-state index contributed by atoms with van der Waals surface area (Å²) < 4.78 is 0. The van der Waals surface area contributed by atoms with Crippen LogP contribution in [-0.4, -0.2) is 39.8 Å². The first-order valence-electron chi connectivity index (χ1n) is 8.21. The molecule has 2 N–H and O–H groups in total. The molecule has 0 aliphatic carbocycles.